The van der Waals surface area contributed by atoms with Gasteiger partial charge in [0.15, 0.2) is 0 Å². The molecule has 2 aliphatic heterocycles. The summed E-state index contributed by atoms with van der Waals surface area (Å²) in [6.45, 7) is 5.68. The van der Waals surface area contributed by atoms with Crippen LogP contribution >= 0.6 is 0 Å². The molecule has 0 fully saturated rings. The van der Waals surface area contributed by atoms with E-state index in [4.69, 9.17) is 0 Å². The second-order valence-corrected chi connectivity index (χ2v) is 7.38. The Bertz CT molecular complexity index is 690. The lowest BCUT2D eigenvalue weighted by Gasteiger charge is -2.43. The number of nitrogens with one attached hydrogen (secondary N) is 2. The molecule has 114 valence electrons. The van der Waals surface area contributed by atoms with Crippen LogP contribution in [0.3, 0.4) is 0 Å². The van der Waals surface area contributed by atoms with Gasteiger partial charge in [-0.05, 0) is 55.4 Å². The number of rotatable bonds is 1. The van der Waals surface area contributed by atoms with E-state index in [-0.39, 0.29) is 5.54 Å². The summed E-state index contributed by atoms with van der Waals surface area (Å²) in [5.74, 6) is 0.593. The van der Waals surface area contributed by atoms with Crippen LogP contribution in [0.15, 0.2) is 48.5 Å². The highest BCUT2D eigenvalue weighted by atomic mass is 15.0. The van der Waals surface area contributed by atoms with Crippen LogP contribution in [0.4, 0.5) is 5.69 Å². The van der Waals surface area contributed by atoms with Gasteiger partial charge >= 0.3 is 0 Å². The van der Waals surface area contributed by atoms with Crippen molar-refractivity contribution in [3.63, 3.8) is 0 Å². The first-order valence-electron chi connectivity index (χ1n) is 8.30. The maximum atomic E-state index is 3.91. The minimum Gasteiger partial charge on any atom is -0.384 e. The van der Waals surface area contributed by atoms with Crippen LogP contribution in [0.5, 0.6) is 0 Å². The molecule has 0 aromatic heterocycles. The second-order valence-electron chi connectivity index (χ2n) is 7.38. The molecule has 4 rings (SSSR count). The number of hydrogen-bond acceptors (Lipinski definition) is 2. The van der Waals surface area contributed by atoms with Gasteiger partial charge < -0.3 is 10.6 Å². The van der Waals surface area contributed by atoms with Gasteiger partial charge in [0.05, 0.1) is 0 Å². The SMILES string of the molecule is CC1(C)Cc2ccccc2C(C2CNc3ccccc3C2)N1. The van der Waals surface area contributed by atoms with Gasteiger partial charge in [0.2, 0.25) is 0 Å². The molecule has 22 heavy (non-hydrogen) atoms. The van der Waals surface area contributed by atoms with Gasteiger partial charge in [0.25, 0.3) is 0 Å². The molecule has 0 aliphatic carbocycles. The first-order valence-corrected chi connectivity index (χ1v) is 8.30. The maximum Gasteiger partial charge on any atom is 0.0376 e. The van der Waals surface area contributed by atoms with Crippen molar-refractivity contribution in [1.82, 2.24) is 5.32 Å². The molecule has 0 amide bonds. The Kier molecular flexibility index (Phi) is 3.23. The molecule has 2 heteroatoms. The molecule has 0 bridgehead atoms. The summed E-state index contributed by atoms with van der Waals surface area (Å²) in [6.07, 6.45) is 2.25. The van der Waals surface area contributed by atoms with Gasteiger partial charge in [-0.1, -0.05) is 42.5 Å². The molecular formula is C20H24N2. The number of hydrogen-bond donors (Lipinski definition) is 2. The predicted molar refractivity (Wildman–Crippen MR) is 92.2 cm³/mol. The lowest BCUT2D eigenvalue weighted by Crippen LogP contribution is -2.51. The largest absolute Gasteiger partial charge is 0.384 e. The monoisotopic (exact) mass is 292 g/mol. The fourth-order valence-corrected chi connectivity index (χ4v) is 4.10. The smallest absolute Gasteiger partial charge is 0.0376 e. The lowest BCUT2D eigenvalue weighted by atomic mass is 9.76. The van der Waals surface area contributed by atoms with E-state index in [0.29, 0.717) is 12.0 Å². The van der Waals surface area contributed by atoms with E-state index in [1.54, 1.807) is 0 Å². The van der Waals surface area contributed by atoms with Crippen molar-refractivity contribution in [2.75, 3.05) is 11.9 Å². The summed E-state index contributed by atoms with van der Waals surface area (Å²) >= 11 is 0. The van der Waals surface area contributed by atoms with Gasteiger partial charge in [0, 0.05) is 23.8 Å². The van der Waals surface area contributed by atoms with E-state index in [0.717, 1.165) is 19.4 Å². The van der Waals surface area contributed by atoms with Gasteiger partial charge in [-0.25, -0.2) is 0 Å². The summed E-state index contributed by atoms with van der Waals surface area (Å²) < 4.78 is 0. The third-order valence-electron chi connectivity index (χ3n) is 5.09. The summed E-state index contributed by atoms with van der Waals surface area (Å²) in [6, 6.07) is 18.1. The molecule has 2 unspecified atom stereocenters. The fraction of sp³-hybridized carbons (Fsp3) is 0.400. The quantitative estimate of drug-likeness (QED) is 0.832. The Morgan fingerprint density at radius 2 is 1.68 bits per heavy atom. The van der Waals surface area contributed by atoms with Crippen LogP contribution in [0.1, 0.15) is 36.6 Å². The zero-order valence-corrected chi connectivity index (χ0v) is 13.4. The van der Waals surface area contributed by atoms with Crippen LogP contribution in [0.25, 0.3) is 0 Å². The Labute approximate surface area is 132 Å². The summed E-state index contributed by atoms with van der Waals surface area (Å²) in [5, 5.41) is 7.54. The summed E-state index contributed by atoms with van der Waals surface area (Å²) in [4.78, 5) is 0. The molecule has 0 radical (unpaired) electrons. The fourth-order valence-electron chi connectivity index (χ4n) is 4.10. The van der Waals surface area contributed by atoms with Gasteiger partial charge in [-0.2, -0.15) is 0 Å². The van der Waals surface area contributed by atoms with Gasteiger partial charge in [-0.15, -0.1) is 0 Å². The van der Waals surface area contributed by atoms with Crippen LogP contribution in [-0.4, -0.2) is 12.1 Å². The van der Waals surface area contributed by atoms with Crippen LogP contribution in [0.2, 0.25) is 0 Å². The molecule has 2 nitrogen and oxygen atoms in total. The highest BCUT2D eigenvalue weighted by Gasteiger charge is 2.36. The van der Waals surface area contributed by atoms with Crippen LogP contribution in [-0.2, 0) is 12.8 Å². The standard InChI is InChI=1S/C20H24N2/c1-20(2)12-15-8-3-5-9-17(15)19(22-20)16-11-14-7-4-6-10-18(14)21-13-16/h3-10,16,19,21-22H,11-13H2,1-2H3. The summed E-state index contributed by atoms with van der Waals surface area (Å²) in [5.41, 5.74) is 5.92. The summed E-state index contributed by atoms with van der Waals surface area (Å²) in [7, 11) is 0. The van der Waals surface area contributed by atoms with Crippen molar-refractivity contribution in [2.45, 2.75) is 38.3 Å². The molecule has 0 saturated carbocycles. The normalized spacial score (nSPS) is 25.7. The molecule has 2 aromatic carbocycles. The van der Waals surface area contributed by atoms with E-state index in [1.165, 1.54) is 22.4 Å². The van der Waals surface area contributed by atoms with E-state index in [2.05, 4.69) is 73.0 Å². The van der Waals surface area contributed by atoms with Gasteiger partial charge in [-0.3, -0.25) is 0 Å². The number of fused-ring (bicyclic) bond motifs is 2. The first kappa shape index (κ1) is 13.8. The third kappa shape index (κ3) is 2.42. The third-order valence-corrected chi connectivity index (χ3v) is 5.09. The molecule has 2 heterocycles. The van der Waals surface area contributed by atoms with Crippen molar-refractivity contribution >= 4 is 5.69 Å². The van der Waals surface area contributed by atoms with Crippen molar-refractivity contribution in [3.8, 4) is 0 Å². The lowest BCUT2D eigenvalue weighted by molar-refractivity contribution is 0.249. The van der Waals surface area contributed by atoms with Gasteiger partial charge in [0.1, 0.15) is 0 Å². The molecule has 2 aromatic rings. The molecular weight excluding hydrogens is 268 g/mol. The maximum absolute atomic E-state index is 3.91. The highest BCUT2D eigenvalue weighted by Crippen LogP contribution is 2.38. The first-order chi connectivity index (χ1) is 10.6. The number of para-hydroxylation sites is 1. The van der Waals surface area contributed by atoms with E-state index >= 15 is 0 Å². The van der Waals surface area contributed by atoms with E-state index in [1.807, 2.05) is 0 Å². The van der Waals surface area contributed by atoms with Crippen molar-refractivity contribution in [1.29, 1.82) is 0 Å². The minimum absolute atomic E-state index is 0.163. The minimum atomic E-state index is 0.163. The Morgan fingerprint density at radius 3 is 2.55 bits per heavy atom. The van der Waals surface area contributed by atoms with Crippen molar-refractivity contribution in [3.05, 3.63) is 65.2 Å². The van der Waals surface area contributed by atoms with E-state index in [9.17, 15) is 0 Å². The average molecular weight is 292 g/mol. The topological polar surface area (TPSA) is 24.1 Å². The number of benzene rings is 2. The predicted octanol–water partition coefficient (Wildman–Crippen LogP) is 3.94. The van der Waals surface area contributed by atoms with Crippen LogP contribution in [0, 0.1) is 5.92 Å². The second kappa shape index (κ2) is 5.13. The number of anilines is 1. The van der Waals surface area contributed by atoms with Crippen molar-refractivity contribution < 1.29 is 0 Å². The molecule has 2 aliphatic rings. The molecule has 0 spiro atoms. The Balaban J connectivity index is 1.68. The van der Waals surface area contributed by atoms with Crippen molar-refractivity contribution in [2.24, 2.45) is 5.92 Å². The van der Waals surface area contributed by atoms with E-state index < -0.39 is 0 Å². The molecule has 2 atom stereocenters. The average Bonchev–Trinajstić information content (AvgIpc) is 2.53. The zero-order chi connectivity index (χ0) is 15.2. The molecule has 0 saturated heterocycles. The zero-order valence-electron chi connectivity index (χ0n) is 13.4. The Morgan fingerprint density at radius 1 is 0.955 bits per heavy atom. The highest BCUT2D eigenvalue weighted by molar-refractivity contribution is 5.53. The molecule has 2 N–H and O–H groups in total. The van der Waals surface area contributed by atoms with Crippen LogP contribution < -0.4 is 10.6 Å². The Hall–Kier alpha value is -1.80.